The number of amides is 1. The van der Waals surface area contributed by atoms with Crippen LogP contribution in [0, 0.1) is 0 Å². The quantitative estimate of drug-likeness (QED) is 0.454. The van der Waals surface area contributed by atoms with E-state index in [1.807, 2.05) is 0 Å². The molecule has 0 bridgehead atoms. The molecule has 0 radical (unpaired) electrons. The fourth-order valence-corrected chi connectivity index (χ4v) is 2.00. The number of hydrogen-bond donors (Lipinski definition) is 3. The maximum Gasteiger partial charge on any atom is 0.223 e. The number of benzene rings is 1. The molecule has 1 rings (SSSR count). The number of rotatable bonds is 8. The molecular weight excluding hydrogens is 282 g/mol. The van der Waals surface area contributed by atoms with Crippen molar-refractivity contribution in [3.8, 4) is 5.75 Å². The van der Waals surface area contributed by atoms with Gasteiger partial charge in [0, 0.05) is 6.54 Å². The molecule has 0 saturated heterocycles. The van der Waals surface area contributed by atoms with Crippen molar-refractivity contribution in [1.82, 2.24) is 5.32 Å². The Kier molecular flexibility index (Phi) is 6.26. The molecule has 0 aliphatic heterocycles. The Bertz CT molecular complexity index is 545. The third-order valence-electron chi connectivity index (χ3n) is 2.43. The van der Waals surface area contributed by atoms with Crippen LogP contribution in [0.15, 0.2) is 24.3 Å². The van der Waals surface area contributed by atoms with Crippen LogP contribution in [0.1, 0.15) is 12.8 Å². The minimum atomic E-state index is -3.47. The molecule has 0 aliphatic rings. The summed E-state index contributed by atoms with van der Waals surface area (Å²) in [5, 5.41) is 7.42. The Morgan fingerprint density at radius 1 is 1.30 bits per heavy atom. The van der Waals surface area contributed by atoms with Crippen LogP contribution in [-0.2, 0) is 14.8 Å². The van der Waals surface area contributed by atoms with Crippen LogP contribution in [0.25, 0.3) is 0 Å². The van der Waals surface area contributed by atoms with Crippen LogP contribution < -0.4 is 20.9 Å². The zero-order chi connectivity index (χ0) is 15.0. The van der Waals surface area contributed by atoms with E-state index in [-0.39, 0.29) is 37.7 Å². The number of anilines is 1. The lowest BCUT2D eigenvalue weighted by molar-refractivity contribution is -0.121. The van der Waals surface area contributed by atoms with Gasteiger partial charge in [0.05, 0.1) is 24.5 Å². The highest BCUT2D eigenvalue weighted by Crippen LogP contribution is 2.19. The van der Waals surface area contributed by atoms with Gasteiger partial charge in [-0.15, -0.1) is 0 Å². The summed E-state index contributed by atoms with van der Waals surface area (Å²) in [4.78, 5) is 11.4. The number of nitrogens with two attached hydrogens (primary N) is 2. The molecule has 20 heavy (non-hydrogen) atoms. The average Bonchev–Trinajstić information content (AvgIpc) is 2.36. The van der Waals surface area contributed by atoms with Gasteiger partial charge in [-0.05, 0) is 18.6 Å². The maximum atomic E-state index is 11.4. The zero-order valence-corrected chi connectivity index (χ0v) is 11.9. The largest absolute Gasteiger partial charge is 0.491 e. The summed E-state index contributed by atoms with van der Waals surface area (Å²) in [6.45, 7) is 0.470. The molecule has 0 heterocycles. The molecule has 1 amide bonds. The van der Waals surface area contributed by atoms with E-state index in [4.69, 9.17) is 15.6 Å². The summed E-state index contributed by atoms with van der Waals surface area (Å²) < 4.78 is 26.7. The molecule has 0 aliphatic carbocycles. The Morgan fingerprint density at radius 2 is 2.00 bits per heavy atom. The van der Waals surface area contributed by atoms with E-state index in [2.05, 4.69) is 5.32 Å². The van der Waals surface area contributed by atoms with Crippen LogP contribution in [0.5, 0.6) is 5.75 Å². The van der Waals surface area contributed by atoms with Crippen molar-refractivity contribution in [2.24, 2.45) is 5.14 Å². The molecule has 8 heteroatoms. The van der Waals surface area contributed by atoms with Crippen LogP contribution in [0.3, 0.4) is 0 Å². The van der Waals surface area contributed by atoms with E-state index in [0.717, 1.165) is 0 Å². The third kappa shape index (κ3) is 6.95. The maximum absolute atomic E-state index is 11.4. The highest BCUT2D eigenvalue weighted by atomic mass is 32.2. The van der Waals surface area contributed by atoms with Gasteiger partial charge in [0.2, 0.25) is 15.9 Å². The molecule has 0 unspecified atom stereocenters. The molecule has 112 valence electrons. The molecule has 0 spiro atoms. The third-order valence-corrected chi connectivity index (χ3v) is 3.29. The number of ether oxygens (including phenoxy) is 1. The first kappa shape index (κ1) is 16.3. The van der Waals surface area contributed by atoms with Gasteiger partial charge in [0.25, 0.3) is 0 Å². The van der Waals surface area contributed by atoms with Crippen molar-refractivity contribution in [3.63, 3.8) is 0 Å². The van der Waals surface area contributed by atoms with Gasteiger partial charge in [-0.2, -0.15) is 0 Å². The van der Waals surface area contributed by atoms with Gasteiger partial charge in [0.15, 0.2) is 0 Å². The highest BCUT2D eigenvalue weighted by molar-refractivity contribution is 7.89. The van der Waals surface area contributed by atoms with Gasteiger partial charge >= 0.3 is 0 Å². The number of carbonyl (C=O) groups excluding carboxylic acids is 1. The highest BCUT2D eigenvalue weighted by Gasteiger charge is 2.05. The minimum absolute atomic E-state index is 0.148. The van der Waals surface area contributed by atoms with E-state index >= 15 is 0 Å². The summed E-state index contributed by atoms with van der Waals surface area (Å²) >= 11 is 0. The normalized spacial score (nSPS) is 11.1. The van der Waals surface area contributed by atoms with E-state index in [1.54, 1.807) is 24.3 Å². The molecule has 0 aromatic heterocycles. The average molecular weight is 301 g/mol. The van der Waals surface area contributed by atoms with Crippen molar-refractivity contribution >= 4 is 21.6 Å². The second-order valence-electron chi connectivity index (χ2n) is 4.21. The van der Waals surface area contributed by atoms with Gasteiger partial charge in [-0.25, -0.2) is 13.6 Å². The number of hydrogen-bond acceptors (Lipinski definition) is 5. The van der Waals surface area contributed by atoms with Crippen molar-refractivity contribution < 1.29 is 17.9 Å². The second kappa shape index (κ2) is 7.71. The number of nitrogens with one attached hydrogen (secondary N) is 1. The summed E-state index contributed by atoms with van der Waals surface area (Å²) in [5.74, 6) is 0.174. The Morgan fingerprint density at radius 3 is 2.65 bits per heavy atom. The van der Waals surface area contributed by atoms with E-state index in [1.165, 1.54) is 0 Å². The summed E-state index contributed by atoms with van der Waals surface area (Å²) in [6.07, 6.45) is 0.459. The van der Waals surface area contributed by atoms with Crippen LogP contribution >= 0.6 is 0 Å². The Hall–Kier alpha value is -1.80. The van der Waals surface area contributed by atoms with Gasteiger partial charge in [-0.1, -0.05) is 12.1 Å². The fourth-order valence-electron chi connectivity index (χ4n) is 1.46. The van der Waals surface area contributed by atoms with E-state index in [0.29, 0.717) is 11.4 Å². The predicted molar refractivity (Wildman–Crippen MR) is 76.6 cm³/mol. The molecule has 5 N–H and O–H groups in total. The fraction of sp³-hybridized carbons (Fsp3) is 0.417. The Labute approximate surface area is 118 Å². The first-order valence-corrected chi connectivity index (χ1v) is 7.84. The molecule has 0 saturated carbocycles. The van der Waals surface area contributed by atoms with Gasteiger partial charge in [-0.3, -0.25) is 4.79 Å². The van der Waals surface area contributed by atoms with Crippen molar-refractivity contribution in [2.75, 3.05) is 24.6 Å². The predicted octanol–water partition coefficient (Wildman–Crippen LogP) is -0.167. The van der Waals surface area contributed by atoms with Crippen molar-refractivity contribution in [1.29, 1.82) is 0 Å². The molecule has 1 aromatic carbocycles. The lowest BCUT2D eigenvalue weighted by Gasteiger charge is -2.08. The zero-order valence-electron chi connectivity index (χ0n) is 11.0. The first-order valence-electron chi connectivity index (χ1n) is 6.13. The van der Waals surface area contributed by atoms with Crippen molar-refractivity contribution in [3.05, 3.63) is 24.3 Å². The molecule has 7 nitrogen and oxygen atoms in total. The van der Waals surface area contributed by atoms with Crippen LogP contribution in [0.2, 0.25) is 0 Å². The number of nitrogen functional groups attached to an aromatic ring is 1. The molecule has 0 atom stereocenters. The van der Waals surface area contributed by atoms with Crippen molar-refractivity contribution in [2.45, 2.75) is 12.8 Å². The number of sulfonamides is 1. The molecule has 1 aromatic rings. The lowest BCUT2D eigenvalue weighted by Crippen LogP contribution is -2.28. The number of primary sulfonamides is 1. The monoisotopic (exact) mass is 301 g/mol. The standard InChI is InChI=1S/C12H19N3O4S/c13-10-4-1-2-5-11(10)19-8-6-12(16)15-7-3-9-20(14,17)18/h1-2,4-5H,3,6-9,13H2,(H,15,16)(H2,14,17,18). The van der Waals surface area contributed by atoms with Crippen LogP contribution in [0.4, 0.5) is 5.69 Å². The summed E-state index contributed by atoms with van der Waals surface area (Å²) in [5.41, 5.74) is 6.20. The SMILES string of the molecule is Nc1ccccc1OCCC(=O)NCCCS(N)(=O)=O. The Balaban J connectivity index is 2.16. The van der Waals surface area contributed by atoms with Crippen LogP contribution in [-0.4, -0.2) is 33.2 Å². The molecule has 0 fully saturated rings. The van der Waals surface area contributed by atoms with Gasteiger partial charge < -0.3 is 15.8 Å². The smallest absolute Gasteiger partial charge is 0.223 e. The summed E-state index contributed by atoms with van der Waals surface area (Å²) in [7, 11) is -3.47. The van der Waals surface area contributed by atoms with E-state index < -0.39 is 10.0 Å². The number of para-hydroxylation sites is 2. The summed E-state index contributed by atoms with van der Waals surface area (Å²) in [6, 6.07) is 7.02. The number of carbonyl (C=O) groups is 1. The van der Waals surface area contributed by atoms with Gasteiger partial charge in [0.1, 0.15) is 5.75 Å². The molecular formula is C12H19N3O4S. The van der Waals surface area contributed by atoms with E-state index in [9.17, 15) is 13.2 Å². The first-order chi connectivity index (χ1) is 9.38. The topological polar surface area (TPSA) is 125 Å². The minimum Gasteiger partial charge on any atom is -0.491 e. The lowest BCUT2D eigenvalue weighted by atomic mass is 10.3. The second-order valence-corrected chi connectivity index (χ2v) is 5.94.